The average Bonchev–Trinajstić information content (AvgIpc) is 2.89. The number of nitrogens with one attached hydrogen (secondary N) is 1. The Labute approximate surface area is 107 Å². The van der Waals surface area contributed by atoms with Crippen molar-refractivity contribution in [2.75, 3.05) is 11.9 Å². The van der Waals surface area contributed by atoms with E-state index in [0.717, 1.165) is 31.3 Å². The monoisotopic (exact) mass is 248 g/mol. The summed E-state index contributed by atoms with van der Waals surface area (Å²) in [4.78, 5) is 4.49. The molecule has 2 aromatic rings. The molecule has 0 bridgehead atoms. The van der Waals surface area contributed by atoms with Crippen molar-refractivity contribution < 1.29 is 0 Å². The molecule has 2 heterocycles. The van der Waals surface area contributed by atoms with Crippen molar-refractivity contribution in [3.63, 3.8) is 0 Å². The van der Waals surface area contributed by atoms with Gasteiger partial charge in [0.2, 0.25) is 5.95 Å². The Bertz CT molecular complexity index is 471. The zero-order valence-corrected chi connectivity index (χ0v) is 11.2. The normalized spacial score (nSPS) is 11.1. The van der Waals surface area contributed by atoms with E-state index in [9.17, 15) is 0 Å². The molecule has 0 fully saturated rings. The number of nitrogens with zero attached hydrogens (tertiary/aromatic N) is 5. The van der Waals surface area contributed by atoms with Crippen molar-refractivity contribution in [2.45, 2.75) is 33.9 Å². The van der Waals surface area contributed by atoms with Crippen molar-refractivity contribution in [3.05, 3.63) is 24.3 Å². The van der Waals surface area contributed by atoms with Crippen LogP contribution in [0.25, 0.3) is 0 Å². The molecular weight excluding hydrogens is 228 g/mol. The Hall–Kier alpha value is -1.85. The average molecular weight is 248 g/mol. The van der Waals surface area contributed by atoms with E-state index in [4.69, 9.17) is 0 Å². The molecule has 1 N–H and O–H groups in total. The molecule has 0 aromatic carbocycles. The molecule has 0 saturated carbocycles. The molecule has 2 aromatic heterocycles. The van der Waals surface area contributed by atoms with E-state index in [2.05, 4.69) is 45.2 Å². The maximum atomic E-state index is 4.49. The third-order valence-electron chi connectivity index (χ3n) is 2.55. The maximum Gasteiger partial charge on any atom is 0.203 e. The summed E-state index contributed by atoms with van der Waals surface area (Å²) in [7, 11) is 0. The van der Waals surface area contributed by atoms with Crippen LogP contribution in [0.5, 0.6) is 0 Å². The summed E-state index contributed by atoms with van der Waals surface area (Å²) in [5, 5.41) is 11.0. The van der Waals surface area contributed by atoms with Gasteiger partial charge in [0.25, 0.3) is 0 Å². The van der Waals surface area contributed by atoms with Gasteiger partial charge in [-0.05, 0) is 12.8 Å². The highest BCUT2D eigenvalue weighted by molar-refractivity contribution is 5.28. The van der Waals surface area contributed by atoms with Gasteiger partial charge in [-0.3, -0.25) is 4.68 Å². The van der Waals surface area contributed by atoms with Crippen LogP contribution < -0.4 is 5.32 Å². The lowest BCUT2D eigenvalue weighted by Crippen LogP contribution is -2.15. The molecule has 2 rings (SSSR count). The van der Waals surface area contributed by atoms with Gasteiger partial charge in [-0.2, -0.15) is 0 Å². The van der Waals surface area contributed by atoms with Gasteiger partial charge in [-0.15, -0.1) is 5.10 Å². The Kier molecular flexibility index (Phi) is 3.96. The van der Waals surface area contributed by atoms with Gasteiger partial charge in [-0.25, -0.2) is 4.98 Å². The number of rotatable bonds is 6. The minimum absolute atomic E-state index is 0.606. The van der Waals surface area contributed by atoms with E-state index in [1.165, 1.54) is 0 Å². The van der Waals surface area contributed by atoms with E-state index in [-0.39, 0.29) is 0 Å². The fourth-order valence-corrected chi connectivity index (χ4v) is 1.85. The quantitative estimate of drug-likeness (QED) is 0.842. The van der Waals surface area contributed by atoms with E-state index >= 15 is 0 Å². The summed E-state index contributed by atoms with van der Waals surface area (Å²) >= 11 is 0. The number of hydrogen-bond acceptors (Lipinski definition) is 4. The van der Waals surface area contributed by atoms with Gasteiger partial charge < -0.3 is 9.88 Å². The SMILES string of the molecule is Cc1cn(CC(C)C)c(NCCn2ccnn2)n1. The second-order valence-electron chi connectivity index (χ2n) is 4.85. The van der Waals surface area contributed by atoms with Crippen molar-refractivity contribution in [1.29, 1.82) is 0 Å². The zero-order valence-electron chi connectivity index (χ0n) is 11.2. The van der Waals surface area contributed by atoms with E-state index in [0.29, 0.717) is 5.92 Å². The minimum atomic E-state index is 0.606. The fourth-order valence-electron chi connectivity index (χ4n) is 1.85. The second-order valence-corrected chi connectivity index (χ2v) is 4.85. The van der Waals surface area contributed by atoms with Crippen LogP contribution in [-0.4, -0.2) is 31.1 Å². The van der Waals surface area contributed by atoms with E-state index in [1.54, 1.807) is 10.9 Å². The number of hydrogen-bond donors (Lipinski definition) is 1. The van der Waals surface area contributed by atoms with Crippen LogP contribution in [-0.2, 0) is 13.1 Å². The van der Waals surface area contributed by atoms with Crippen LogP contribution in [0.15, 0.2) is 18.6 Å². The third-order valence-corrected chi connectivity index (χ3v) is 2.55. The Morgan fingerprint density at radius 2 is 2.22 bits per heavy atom. The zero-order chi connectivity index (χ0) is 13.0. The highest BCUT2D eigenvalue weighted by atomic mass is 15.4. The first kappa shape index (κ1) is 12.6. The smallest absolute Gasteiger partial charge is 0.203 e. The lowest BCUT2D eigenvalue weighted by molar-refractivity contribution is 0.524. The number of anilines is 1. The molecule has 0 amide bonds. The predicted molar refractivity (Wildman–Crippen MR) is 70.3 cm³/mol. The molecule has 0 aliphatic heterocycles. The standard InChI is InChI=1S/C12H20N6/c1-10(2)8-17-9-11(3)15-12(17)13-4-6-18-7-5-14-16-18/h5,7,9-10H,4,6,8H2,1-3H3,(H,13,15). The maximum absolute atomic E-state index is 4.49. The summed E-state index contributed by atoms with van der Waals surface area (Å²) in [5.41, 5.74) is 1.04. The number of aryl methyl sites for hydroxylation is 1. The van der Waals surface area contributed by atoms with Crippen molar-refractivity contribution in [3.8, 4) is 0 Å². The van der Waals surface area contributed by atoms with Crippen LogP contribution in [0.3, 0.4) is 0 Å². The summed E-state index contributed by atoms with van der Waals surface area (Å²) in [6.07, 6.45) is 5.62. The molecule has 0 atom stereocenters. The molecule has 6 nitrogen and oxygen atoms in total. The van der Waals surface area contributed by atoms with Crippen molar-refractivity contribution in [1.82, 2.24) is 24.5 Å². The van der Waals surface area contributed by atoms with Crippen LogP contribution in [0.1, 0.15) is 19.5 Å². The van der Waals surface area contributed by atoms with Gasteiger partial charge >= 0.3 is 0 Å². The Balaban J connectivity index is 1.91. The first-order valence-corrected chi connectivity index (χ1v) is 6.27. The molecule has 0 saturated heterocycles. The van der Waals surface area contributed by atoms with Gasteiger partial charge in [0.15, 0.2) is 0 Å². The highest BCUT2D eigenvalue weighted by Gasteiger charge is 2.06. The summed E-state index contributed by atoms with van der Waals surface area (Å²) in [5.74, 6) is 1.54. The summed E-state index contributed by atoms with van der Waals surface area (Å²) in [6, 6.07) is 0. The van der Waals surface area contributed by atoms with Gasteiger partial charge in [0.05, 0.1) is 18.4 Å². The van der Waals surface area contributed by atoms with Crippen LogP contribution in [0, 0.1) is 12.8 Å². The Morgan fingerprint density at radius 3 is 2.89 bits per heavy atom. The predicted octanol–water partition coefficient (Wildman–Crippen LogP) is 1.55. The fraction of sp³-hybridized carbons (Fsp3) is 0.583. The molecule has 6 heteroatoms. The largest absolute Gasteiger partial charge is 0.354 e. The molecule has 18 heavy (non-hydrogen) atoms. The molecule has 0 spiro atoms. The first-order chi connectivity index (χ1) is 8.65. The lowest BCUT2D eigenvalue weighted by Gasteiger charge is -2.11. The highest BCUT2D eigenvalue weighted by Crippen LogP contribution is 2.11. The number of aromatic nitrogens is 5. The van der Waals surface area contributed by atoms with E-state index < -0.39 is 0 Å². The molecular formula is C12H20N6. The Morgan fingerprint density at radius 1 is 1.39 bits per heavy atom. The third kappa shape index (κ3) is 3.32. The first-order valence-electron chi connectivity index (χ1n) is 6.27. The van der Waals surface area contributed by atoms with Crippen molar-refractivity contribution in [2.24, 2.45) is 5.92 Å². The minimum Gasteiger partial charge on any atom is -0.354 e. The molecule has 0 unspecified atom stereocenters. The summed E-state index contributed by atoms with van der Waals surface area (Å²) in [6.45, 7) is 8.97. The summed E-state index contributed by atoms with van der Waals surface area (Å²) < 4.78 is 3.97. The molecule has 0 aliphatic carbocycles. The number of imidazole rings is 1. The van der Waals surface area contributed by atoms with Crippen LogP contribution in [0.2, 0.25) is 0 Å². The van der Waals surface area contributed by atoms with Crippen LogP contribution >= 0.6 is 0 Å². The van der Waals surface area contributed by atoms with Crippen LogP contribution in [0.4, 0.5) is 5.95 Å². The molecule has 98 valence electrons. The van der Waals surface area contributed by atoms with Gasteiger partial charge in [0, 0.05) is 25.5 Å². The molecule has 0 aliphatic rings. The van der Waals surface area contributed by atoms with Crippen molar-refractivity contribution >= 4 is 5.95 Å². The lowest BCUT2D eigenvalue weighted by atomic mass is 10.2. The topological polar surface area (TPSA) is 60.6 Å². The van der Waals surface area contributed by atoms with Gasteiger partial charge in [0.1, 0.15) is 0 Å². The molecule has 0 radical (unpaired) electrons. The second kappa shape index (κ2) is 5.66. The van der Waals surface area contributed by atoms with Gasteiger partial charge in [-0.1, -0.05) is 19.1 Å². The van der Waals surface area contributed by atoms with E-state index in [1.807, 2.05) is 13.1 Å².